The number of alkyl halides is 3. The first kappa shape index (κ1) is 19.0. The van der Waals surface area contributed by atoms with E-state index >= 15 is 0 Å². The van der Waals surface area contributed by atoms with Gasteiger partial charge in [0, 0.05) is 18.9 Å². The highest BCUT2D eigenvalue weighted by molar-refractivity contribution is 5.58. The molecule has 7 heteroatoms. The average Bonchev–Trinajstić information content (AvgIpc) is 2.58. The molecule has 0 bridgehead atoms. The lowest BCUT2D eigenvalue weighted by molar-refractivity contribution is -0.139. The van der Waals surface area contributed by atoms with Crippen molar-refractivity contribution in [3.05, 3.63) is 41.6 Å². The second kappa shape index (κ2) is 8.18. The molecule has 0 atom stereocenters. The fraction of sp³-hybridized carbons (Fsp3) is 0.444. The zero-order valence-electron chi connectivity index (χ0n) is 14.6. The van der Waals surface area contributed by atoms with Gasteiger partial charge in [-0.1, -0.05) is 32.4 Å². The Hall–Kier alpha value is -2.31. The second-order valence-electron chi connectivity index (χ2n) is 5.71. The van der Waals surface area contributed by atoms with Crippen LogP contribution >= 0.6 is 0 Å². The summed E-state index contributed by atoms with van der Waals surface area (Å²) in [4.78, 5) is 9.53. The van der Waals surface area contributed by atoms with Crippen LogP contribution in [0.4, 0.5) is 24.8 Å². The largest absolute Gasteiger partial charge is 0.477 e. The van der Waals surface area contributed by atoms with E-state index in [0.717, 1.165) is 30.3 Å². The van der Waals surface area contributed by atoms with Crippen molar-refractivity contribution in [2.24, 2.45) is 0 Å². The summed E-state index contributed by atoms with van der Waals surface area (Å²) in [6, 6.07) is 7.78. The van der Waals surface area contributed by atoms with Crippen molar-refractivity contribution in [1.29, 1.82) is 0 Å². The molecule has 2 aromatic rings. The van der Waals surface area contributed by atoms with E-state index in [1.54, 1.807) is 11.9 Å². The van der Waals surface area contributed by atoms with Crippen LogP contribution in [0, 0.1) is 0 Å². The zero-order valence-corrected chi connectivity index (χ0v) is 14.6. The van der Waals surface area contributed by atoms with E-state index in [-0.39, 0.29) is 12.6 Å². The highest BCUT2D eigenvalue weighted by Gasteiger charge is 2.36. The van der Waals surface area contributed by atoms with Crippen LogP contribution in [0.25, 0.3) is 0 Å². The molecule has 4 nitrogen and oxygen atoms in total. The SMILES string of the molecule is CCCOc1nc(N(C)c2cccc(CCC)c2)ncc1C(F)(F)F. The van der Waals surface area contributed by atoms with Gasteiger partial charge in [0.2, 0.25) is 11.8 Å². The van der Waals surface area contributed by atoms with E-state index in [4.69, 9.17) is 4.74 Å². The molecule has 0 aliphatic carbocycles. The van der Waals surface area contributed by atoms with Crippen molar-refractivity contribution >= 4 is 11.6 Å². The first-order valence-corrected chi connectivity index (χ1v) is 8.26. The number of benzene rings is 1. The minimum atomic E-state index is -4.55. The molecule has 0 unspecified atom stereocenters. The van der Waals surface area contributed by atoms with Crippen LogP contribution in [0.5, 0.6) is 5.88 Å². The molecule has 0 saturated carbocycles. The van der Waals surface area contributed by atoms with Gasteiger partial charge in [0.1, 0.15) is 5.56 Å². The zero-order chi connectivity index (χ0) is 18.4. The number of hydrogen-bond acceptors (Lipinski definition) is 4. The molecule has 0 spiro atoms. The molecule has 0 aliphatic rings. The Balaban J connectivity index is 2.36. The fourth-order valence-corrected chi connectivity index (χ4v) is 2.35. The van der Waals surface area contributed by atoms with Crippen LogP contribution in [0.15, 0.2) is 30.5 Å². The van der Waals surface area contributed by atoms with Crippen molar-refractivity contribution < 1.29 is 17.9 Å². The molecule has 0 amide bonds. The number of nitrogens with zero attached hydrogens (tertiary/aromatic N) is 3. The Morgan fingerprint density at radius 3 is 2.56 bits per heavy atom. The van der Waals surface area contributed by atoms with Gasteiger partial charge in [-0.05, 0) is 30.5 Å². The maximum atomic E-state index is 13.1. The summed E-state index contributed by atoms with van der Waals surface area (Å²) in [6.07, 6.45) is -1.24. The Morgan fingerprint density at radius 1 is 1.16 bits per heavy atom. The van der Waals surface area contributed by atoms with E-state index in [1.807, 2.05) is 31.2 Å². The predicted octanol–water partition coefficient (Wildman–Crippen LogP) is 5.00. The van der Waals surface area contributed by atoms with Gasteiger partial charge in [-0.2, -0.15) is 18.2 Å². The maximum absolute atomic E-state index is 13.1. The number of anilines is 2. The molecule has 0 fully saturated rings. The topological polar surface area (TPSA) is 38.2 Å². The van der Waals surface area contributed by atoms with Gasteiger partial charge >= 0.3 is 6.18 Å². The van der Waals surface area contributed by atoms with Gasteiger partial charge in [-0.25, -0.2) is 4.98 Å². The van der Waals surface area contributed by atoms with Crippen molar-refractivity contribution in [3.63, 3.8) is 0 Å². The van der Waals surface area contributed by atoms with E-state index in [0.29, 0.717) is 6.42 Å². The molecule has 25 heavy (non-hydrogen) atoms. The molecule has 0 N–H and O–H groups in total. The highest BCUT2D eigenvalue weighted by Crippen LogP contribution is 2.36. The summed E-state index contributed by atoms with van der Waals surface area (Å²) in [5, 5.41) is 0. The fourth-order valence-electron chi connectivity index (χ4n) is 2.35. The lowest BCUT2D eigenvalue weighted by atomic mass is 10.1. The van der Waals surface area contributed by atoms with E-state index < -0.39 is 17.6 Å². The predicted molar refractivity (Wildman–Crippen MR) is 91.3 cm³/mol. The van der Waals surface area contributed by atoms with Crippen molar-refractivity contribution in [3.8, 4) is 5.88 Å². The molecule has 0 saturated heterocycles. The Kier molecular flexibility index (Phi) is 6.22. The van der Waals surface area contributed by atoms with E-state index in [2.05, 4.69) is 16.9 Å². The highest BCUT2D eigenvalue weighted by atomic mass is 19.4. The summed E-state index contributed by atoms with van der Waals surface area (Å²) >= 11 is 0. The average molecular weight is 353 g/mol. The standard InChI is InChI=1S/C18H22F3N3O/c1-4-7-13-8-6-9-14(11-13)24(3)17-22-12-15(18(19,20)21)16(23-17)25-10-5-2/h6,8-9,11-12H,4-5,7,10H2,1-3H3. The Labute approximate surface area is 145 Å². The summed E-state index contributed by atoms with van der Waals surface area (Å²) in [5.41, 5.74) is 1.01. The lowest BCUT2D eigenvalue weighted by Gasteiger charge is -2.20. The minimum absolute atomic E-state index is 0.160. The van der Waals surface area contributed by atoms with Crippen molar-refractivity contribution in [2.45, 2.75) is 39.3 Å². The van der Waals surface area contributed by atoms with Gasteiger partial charge in [0.25, 0.3) is 0 Å². The lowest BCUT2D eigenvalue weighted by Crippen LogP contribution is -2.17. The number of hydrogen-bond donors (Lipinski definition) is 0. The van der Waals surface area contributed by atoms with Crippen molar-refractivity contribution in [1.82, 2.24) is 9.97 Å². The van der Waals surface area contributed by atoms with Gasteiger partial charge in [-0.15, -0.1) is 0 Å². The van der Waals surface area contributed by atoms with E-state index in [1.165, 1.54) is 0 Å². The van der Waals surface area contributed by atoms with E-state index in [9.17, 15) is 13.2 Å². The van der Waals surface area contributed by atoms with Gasteiger partial charge in [-0.3, -0.25) is 0 Å². The third-order valence-electron chi connectivity index (χ3n) is 3.63. The molecule has 1 heterocycles. The van der Waals surface area contributed by atoms with Gasteiger partial charge in [0.15, 0.2) is 0 Å². The first-order chi connectivity index (χ1) is 11.9. The molecule has 0 radical (unpaired) electrons. The third-order valence-corrected chi connectivity index (χ3v) is 3.63. The maximum Gasteiger partial charge on any atom is 0.423 e. The molecule has 1 aromatic carbocycles. The van der Waals surface area contributed by atoms with Crippen LogP contribution in [0.2, 0.25) is 0 Å². The number of aromatic nitrogens is 2. The monoisotopic (exact) mass is 353 g/mol. The smallest absolute Gasteiger partial charge is 0.423 e. The number of halogens is 3. The van der Waals surface area contributed by atoms with Crippen molar-refractivity contribution in [2.75, 3.05) is 18.6 Å². The van der Waals surface area contributed by atoms with Crippen LogP contribution in [0.1, 0.15) is 37.8 Å². The quantitative estimate of drug-likeness (QED) is 0.702. The molecular weight excluding hydrogens is 331 g/mol. The first-order valence-electron chi connectivity index (χ1n) is 8.26. The molecule has 2 rings (SSSR count). The van der Waals surface area contributed by atoms with Gasteiger partial charge in [0.05, 0.1) is 6.61 Å². The van der Waals surface area contributed by atoms with Crippen LogP contribution in [-0.2, 0) is 12.6 Å². The number of rotatable bonds is 7. The number of ether oxygens (including phenoxy) is 1. The molecule has 0 aliphatic heterocycles. The minimum Gasteiger partial charge on any atom is -0.477 e. The molecule has 1 aromatic heterocycles. The molecule has 136 valence electrons. The summed E-state index contributed by atoms with van der Waals surface area (Å²) < 4.78 is 44.5. The van der Waals surface area contributed by atoms with Crippen LogP contribution in [0.3, 0.4) is 0 Å². The number of aryl methyl sites for hydroxylation is 1. The third kappa shape index (κ3) is 4.84. The normalized spacial score (nSPS) is 11.4. The van der Waals surface area contributed by atoms with Crippen LogP contribution in [-0.4, -0.2) is 23.6 Å². The Bertz CT molecular complexity index is 704. The summed E-state index contributed by atoms with van der Waals surface area (Å²) in [5.74, 6) is -0.274. The van der Waals surface area contributed by atoms with Crippen LogP contribution < -0.4 is 9.64 Å². The van der Waals surface area contributed by atoms with Gasteiger partial charge < -0.3 is 9.64 Å². The summed E-state index contributed by atoms with van der Waals surface area (Å²) in [6.45, 7) is 4.07. The molecular formula is C18H22F3N3O. The Morgan fingerprint density at radius 2 is 1.92 bits per heavy atom. The summed E-state index contributed by atoms with van der Waals surface area (Å²) in [7, 11) is 1.72. The second-order valence-corrected chi connectivity index (χ2v) is 5.71.